The summed E-state index contributed by atoms with van der Waals surface area (Å²) in [6.45, 7) is 21.7. The normalized spacial score (nSPS) is 13.9. The average Bonchev–Trinajstić information content (AvgIpc) is 3.53. The molecule has 0 aliphatic carbocycles. The van der Waals surface area contributed by atoms with Gasteiger partial charge in [0, 0.05) is 32.0 Å². The van der Waals surface area contributed by atoms with E-state index < -0.39 is 0 Å². The summed E-state index contributed by atoms with van der Waals surface area (Å²) in [5.74, 6) is 2.42. The van der Waals surface area contributed by atoms with Crippen molar-refractivity contribution in [1.82, 2.24) is 9.47 Å². The predicted molar refractivity (Wildman–Crippen MR) is 200 cm³/mol. The zero-order valence-electron chi connectivity index (χ0n) is 30.9. The molecule has 1 heterocycles. The van der Waals surface area contributed by atoms with Crippen molar-refractivity contribution in [3.05, 3.63) is 36.7 Å². The lowest BCUT2D eigenvalue weighted by molar-refractivity contribution is 0.193. The number of allylic oxidation sites excluding steroid dienone is 1. The number of hydrogen-bond donors (Lipinski definition) is 0. The van der Waals surface area contributed by atoms with Crippen molar-refractivity contribution in [3.63, 3.8) is 0 Å². The molecule has 0 radical (unpaired) electrons. The first-order chi connectivity index (χ1) is 21.5. The van der Waals surface area contributed by atoms with Crippen molar-refractivity contribution in [2.75, 3.05) is 19.6 Å². The fourth-order valence-corrected chi connectivity index (χ4v) is 7.16. The van der Waals surface area contributed by atoms with Crippen LogP contribution in [0, 0.1) is 17.8 Å². The molecule has 0 spiro atoms. The maximum Gasteiger partial charge on any atom is 0.0219 e. The molecule has 2 heteroatoms. The lowest BCUT2D eigenvalue weighted by atomic mass is 9.86. The van der Waals surface area contributed by atoms with Crippen molar-refractivity contribution in [2.24, 2.45) is 17.8 Å². The zero-order chi connectivity index (χ0) is 32.1. The number of aryl methyl sites for hydroxylation is 1. The average molecular weight is 613 g/mol. The van der Waals surface area contributed by atoms with Crippen LogP contribution in [0.4, 0.5) is 0 Å². The quantitative estimate of drug-likeness (QED) is 0.0566. The Morgan fingerprint density at radius 2 is 1.02 bits per heavy atom. The molecule has 2 nitrogen and oxygen atoms in total. The largest absolute Gasteiger partial charge is 0.354 e. The van der Waals surface area contributed by atoms with Crippen molar-refractivity contribution >= 4 is 0 Å². The van der Waals surface area contributed by atoms with E-state index in [4.69, 9.17) is 0 Å². The molecular formula is C42H80N2. The van der Waals surface area contributed by atoms with Gasteiger partial charge in [0.15, 0.2) is 0 Å². The van der Waals surface area contributed by atoms with Crippen molar-refractivity contribution < 1.29 is 0 Å². The molecule has 258 valence electrons. The van der Waals surface area contributed by atoms with E-state index in [-0.39, 0.29) is 0 Å². The number of hydrogen-bond acceptors (Lipinski definition) is 1. The minimum absolute atomic E-state index is 0.785. The van der Waals surface area contributed by atoms with Crippen LogP contribution in [0.15, 0.2) is 36.7 Å². The van der Waals surface area contributed by atoms with Gasteiger partial charge in [-0.05, 0) is 87.8 Å². The molecule has 1 rings (SSSR count). The minimum Gasteiger partial charge on any atom is -0.354 e. The Bertz CT molecular complexity index is 722. The maximum atomic E-state index is 4.66. The first-order valence-corrected chi connectivity index (χ1v) is 20.0. The molecule has 3 unspecified atom stereocenters. The van der Waals surface area contributed by atoms with Gasteiger partial charge < -0.3 is 9.47 Å². The number of rotatable bonds is 33. The first-order valence-electron chi connectivity index (χ1n) is 20.0. The van der Waals surface area contributed by atoms with E-state index in [1.54, 1.807) is 5.57 Å². The van der Waals surface area contributed by atoms with E-state index in [9.17, 15) is 0 Å². The molecule has 44 heavy (non-hydrogen) atoms. The minimum atomic E-state index is 0.785. The van der Waals surface area contributed by atoms with Crippen LogP contribution in [0.25, 0.3) is 0 Å². The smallest absolute Gasteiger partial charge is 0.0219 e. The van der Waals surface area contributed by atoms with E-state index in [0.717, 1.165) is 17.8 Å². The molecule has 1 aromatic rings. The number of aromatic nitrogens is 1. The predicted octanol–water partition coefficient (Wildman–Crippen LogP) is 13.7. The highest BCUT2D eigenvalue weighted by Gasteiger charge is 2.15. The first kappa shape index (κ1) is 41.0. The second kappa shape index (κ2) is 29.4. The van der Waals surface area contributed by atoms with Gasteiger partial charge in [-0.15, -0.1) is 0 Å². The molecule has 0 aliphatic rings. The van der Waals surface area contributed by atoms with Gasteiger partial charge in [0.2, 0.25) is 0 Å². The third-order valence-corrected chi connectivity index (χ3v) is 10.1. The third kappa shape index (κ3) is 23.3. The molecule has 0 N–H and O–H groups in total. The van der Waals surface area contributed by atoms with E-state index >= 15 is 0 Å². The summed E-state index contributed by atoms with van der Waals surface area (Å²) in [6.07, 6.45) is 37.5. The van der Waals surface area contributed by atoms with Gasteiger partial charge in [0.1, 0.15) is 0 Å². The van der Waals surface area contributed by atoms with E-state index in [2.05, 4.69) is 75.2 Å². The van der Waals surface area contributed by atoms with E-state index in [0.29, 0.717) is 0 Å². The Hall–Kier alpha value is -1.02. The second-order valence-corrected chi connectivity index (χ2v) is 14.8. The fourth-order valence-electron chi connectivity index (χ4n) is 7.16. The van der Waals surface area contributed by atoms with Crippen LogP contribution >= 0.6 is 0 Å². The van der Waals surface area contributed by atoms with Crippen molar-refractivity contribution in [3.8, 4) is 0 Å². The fraction of sp³-hybridized carbons (Fsp3) is 0.857. The highest BCUT2D eigenvalue weighted by molar-refractivity contribution is 5.00. The molecule has 0 aliphatic heterocycles. The number of unbranched alkanes of at least 4 members (excludes halogenated alkanes) is 14. The van der Waals surface area contributed by atoms with Crippen LogP contribution in [0.1, 0.15) is 189 Å². The van der Waals surface area contributed by atoms with Gasteiger partial charge in [-0.25, -0.2) is 0 Å². The third-order valence-electron chi connectivity index (χ3n) is 10.1. The van der Waals surface area contributed by atoms with Crippen molar-refractivity contribution in [1.29, 1.82) is 0 Å². The Balaban J connectivity index is 2.38. The molecule has 1 aromatic heterocycles. The molecule has 0 saturated heterocycles. The lowest BCUT2D eigenvalue weighted by Gasteiger charge is -2.29. The summed E-state index contributed by atoms with van der Waals surface area (Å²) < 4.78 is 2.33. The molecule has 0 aromatic carbocycles. The van der Waals surface area contributed by atoms with Crippen LogP contribution in [0.5, 0.6) is 0 Å². The maximum absolute atomic E-state index is 4.66. The Labute approximate surface area is 278 Å². The van der Waals surface area contributed by atoms with Crippen LogP contribution in [-0.2, 0) is 6.54 Å². The Kier molecular flexibility index (Phi) is 27.4. The van der Waals surface area contributed by atoms with Crippen LogP contribution < -0.4 is 0 Å². The van der Waals surface area contributed by atoms with Gasteiger partial charge in [-0.2, -0.15) is 0 Å². The molecular weight excluding hydrogens is 532 g/mol. The highest BCUT2D eigenvalue weighted by Crippen LogP contribution is 2.28. The monoisotopic (exact) mass is 613 g/mol. The summed E-state index contributed by atoms with van der Waals surface area (Å²) in [5, 5.41) is 0. The number of nitrogens with zero attached hydrogens (tertiary/aromatic N) is 2. The van der Waals surface area contributed by atoms with Crippen LogP contribution in [-0.4, -0.2) is 29.1 Å². The molecule has 0 fully saturated rings. The summed E-state index contributed by atoms with van der Waals surface area (Å²) in [6, 6.07) is 4.28. The highest BCUT2D eigenvalue weighted by atomic mass is 15.1. The SMILES string of the molecule is C=C(CCCCCC(C)CN(CCCCCn1cccc1)CC(C)CCCCC)C(CCCCCC)CCCCCCCC. The summed E-state index contributed by atoms with van der Waals surface area (Å²) in [4.78, 5) is 2.84. The van der Waals surface area contributed by atoms with Crippen molar-refractivity contribution in [2.45, 2.75) is 195 Å². The molecule has 0 saturated carbocycles. The Morgan fingerprint density at radius 1 is 0.568 bits per heavy atom. The zero-order valence-corrected chi connectivity index (χ0v) is 30.9. The van der Waals surface area contributed by atoms with E-state index in [1.165, 1.54) is 180 Å². The lowest BCUT2D eigenvalue weighted by Crippen LogP contribution is -2.33. The molecule has 3 atom stereocenters. The summed E-state index contributed by atoms with van der Waals surface area (Å²) in [5.41, 5.74) is 1.59. The van der Waals surface area contributed by atoms with Gasteiger partial charge in [0.25, 0.3) is 0 Å². The summed E-state index contributed by atoms with van der Waals surface area (Å²) >= 11 is 0. The van der Waals surface area contributed by atoms with Gasteiger partial charge in [-0.1, -0.05) is 150 Å². The Morgan fingerprint density at radius 3 is 1.64 bits per heavy atom. The van der Waals surface area contributed by atoms with Crippen LogP contribution in [0.3, 0.4) is 0 Å². The van der Waals surface area contributed by atoms with Gasteiger partial charge in [0.05, 0.1) is 0 Å². The topological polar surface area (TPSA) is 8.17 Å². The molecule has 0 bridgehead atoms. The van der Waals surface area contributed by atoms with E-state index in [1.807, 2.05) is 0 Å². The standard InChI is InChI=1S/C42H80N2/c1-7-10-13-15-16-23-32-42(31-22-14-11-8-2)41(6)30-21-17-20-29-40(5)38-44(37-39(4)28-19-12-9-3)36-25-18-24-33-43-34-26-27-35-43/h26-27,34-35,39-40,42H,6-25,28-33,36-38H2,1-5H3. The second-order valence-electron chi connectivity index (χ2n) is 14.8. The molecule has 0 amide bonds. The van der Waals surface area contributed by atoms with Gasteiger partial charge >= 0.3 is 0 Å². The summed E-state index contributed by atoms with van der Waals surface area (Å²) in [7, 11) is 0. The van der Waals surface area contributed by atoms with Gasteiger partial charge in [-0.3, -0.25) is 0 Å². The van der Waals surface area contributed by atoms with Crippen LogP contribution in [0.2, 0.25) is 0 Å².